The molecule has 8 heteroatoms. The first-order valence-electron chi connectivity index (χ1n) is 8.29. The molecule has 26 heavy (non-hydrogen) atoms. The molecule has 0 unspecified atom stereocenters. The van der Waals surface area contributed by atoms with Crippen molar-refractivity contribution in [2.45, 2.75) is 4.90 Å². The molecule has 1 aliphatic heterocycles. The lowest BCUT2D eigenvalue weighted by Crippen LogP contribution is -2.51. The van der Waals surface area contributed by atoms with Crippen LogP contribution in [0.4, 0.5) is 5.69 Å². The highest BCUT2D eigenvalue weighted by atomic mass is 79.9. The standard InChI is InChI=1S/C18H20BrN3O3S/c19-15-5-4-6-16(13-15)20-14-18(23)21-9-11-22(12-10-21)26(24,25)17-7-2-1-3-8-17/h1-8,13,20H,9-12,14H2. The SMILES string of the molecule is O=C(CNc1cccc(Br)c1)N1CCN(S(=O)(=O)c2ccccc2)CC1. The molecule has 0 radical (unpaired) electrons. The highest BCUT2D eigenvalue weighted by Gasteiger charge is 2.29. The van der Waals surface area contributed by atoms with Crippen molar-refractivity contribution >= 4 is 37.5 Å². The molecule has 0 saturated carbocycles. The minimum Gasteiger partial charge on any atom is -0.376 e. The molecule has 0 aromatic heterocycles. The number of sulfonamides is 1. The van der Waals surface area contributed by atoms with Crippen molar-refractivity contribution in [2.75, 3.05) is 38.0 Å². The van der Waals surface area contributed by atoms with Gasteiger partial charge in [0.2, 0.25) is 15.9 Å². The van der Waals surface area contributed by atoms with Gasteiger partial charge in [-0.25, -0.2) is 8.42 Å². The van der Waals surface area contributed by atoms with Crippen LogP contribution in [0.25, 0.3) is 0 Å². The summed E-state index contributed by atoms with van der Waals surface area (Å²) in [6.07, 6.45) is 0. The Balaban J connectivity index is 1.54. The Hall–Kier alpha value is -1.90. The van der Waals surface area contributed by atoms with Crippen LogP contribution in [0.1, 0.15) is 0 Å². The molecule has 0 spiro atoms. The van der Waals surface area contributed by atoms with E-state index < -0.39 is 10.0 Å². The van der Waals surface area contributed by atoms with E-state index >= 15 is 0 Å². The van der Waals surface area contributed by atoms with E-state index in [1.165, 1.54) is 4.31 Å². The van der Waals surface area contributed by atoms with Gasteiger partial charge in [0.05, 0.1) is 11.4 Å². The summed E-state index contributed by atoms with van der Waals surface area (Å²) in [6.45, 7) is 1.58. The predicted molar refractivity (Wildman–Crippen MR) is 104 cm³/mol. The van der Waals surface area contributed by atoms with Gasteiger partial charge in [-0.05, 0) is 30.3 Å². The number of piperazine rings is 1. The molecule has 1 heterocycles. The van der Waals surface area contributed by atoms with E-state index in [9.17, 15) is 13.2 Å². The number of amides is 1. The highest BCUT2D eigenvalue weighted by molar-refractivity contribution is 9.10. The van der Waals surface area contributed by atoms with E-state index in [1.54, 1.807) is 35.2 Å². The van der Waals surface area contributed by atoms with Crippen molar-refractivity contribution in [3.05, 3.63) is 59.1 Å². The van der Waals surface area contributed by atoms with Gasteiger partial charge in [-0.2, -0.15) is 4.31 Å². The van der Waals surface area contributed by atoms with Crippen molar-refractivity contribution in [3.8, 4) is 0 Å². The number of nitrogens with zero attached hydrogens (tertiary/aromatic N) is 2. The van der Waals surface area contributed by atoms with E-state index in [-0.39, 0.29) is 17.3 Å². The summed E-state index contributed by atoms with van der Waals surface area (Å²) in [6, 6.07) is 16.0. The van der Waals surface area contributed by atoms with Gasteiger partial charge in [0, 0.05) is 36.3 Å². The molecular weight excluding hydrogens is 418 g/mol. The monoisotopic (exact) mass is 437 g/mol. The van der Waals surface area contributed by atoms with E-state index in [0.29, 0.717) is 26.2 Å². The molecule has 1 saturated heterocycles. The van der Waals surface area contributed by atoms with Crippen molar-refractivity contribution in [3.63, 3.8) is 0 Å². The maximum atomic E-state index is 12.6. The molecule has 3 rings (SSSR count). The first kappa shape index (κ1) is 18.9. The number of hydrogen-bond acceptors (Lipinski definition) is 4. The van der Waals surface area contributed by atoms with E-state index in [0.717, 1.165) is 10.2 Å². The van der Waals surface area contributed by atoms with Crippen LogP contribution < -0.4 is 5.32 Å². The highest BCUT2D eigenvalue weighted by Crippen LogP contribution is 2.18. The number of hydrogen-bond donors (Lipinski definition) is 1. The second-order valence-corrected chi connectivity index (χ2v) is 8.82. The molecule has 138 valence electrons. The van der Waals surface area contributed by atoms with Gasteiger partial charge in [0.15, 0.2) is 0 Å². The summed E-state index contributed by atoms with van der Waals surface area (Å²) in [5.41, 5.74) is 0.859. The Kier molecular flexibility index (Phi) is 5.95. The maximum absolute atomic E-state index is 12.6. The summed E-state index contributed by atoms with van der Waals surface area (Å²) < 4.78 is 27.6. The Morgan fingerprint density at radius 2 is 1.69 bits per heavy atom. The van der Waals surface area contributed by atoms with Crippen LogP contribution in [-0.4, -0.2) is 56.3 Å². The zero-order chi connectivity index (χ0) is 18.6. The fourth-order valence-corrected chi connectivity index (χ4v) is 4.65. The maximum Gasteiger partial charge on any atom is 0.243 e. The van der Waals surface area contributed by atoms with Crippen LogP contribution in [0.3, 0.4) is 0 Å². The Morgan fingerprint density at radius 3 is 2.35 bits per heavy atom. The molecule has 1 aliphatic rings. The van der Waals surface area contributed by atoms with Gasteiger partial charge < -0.3 is 10.2 Å². The average Bonchev–Trinajstić information content (AvgIpc) is 2.67. The van der Waals surface area contributed by atoms with Gasteiger partial charge in [-0.1, -0.05) is 40.2 Å². The van der Waals surface area contributed by atoms with Crippen molar-refractivity contribution in [2.24, 2.45) is 0 Å². The predicted octanol–water partition coefficient (Wildman–Crippen LogP) is 2.39. The summed E-state index contributed by atoms with van der Waals surface area (Å²) >= 11 is 3.39. The lowest BCUT2D eigenvalue weighted by Gasteiger charge is -2.34. The van der Waals surface area contributed by atoms with Crippen LogP contribution >= 0.6 is 15.9 Å². The van der Waals surface area contributed by atoms with E-state index in [1.807, 2.05) is 24.3 Å². The van der Waals surface area contributed by atoms with Gasteiger partial charge in [0.25, 0.3) is 0 Å². The fourth-order valence-electron chi connectivity index (χ4n) is 2.81. The number of halogens is 1. The lowest BCUT2D eigenvalue weighted by molar-refractivity contribution is -0.130. The van der Waals surface area contributed by atoms with Crippen molar-refractivity contribution in [1.82, 2.24) is 9.21 Å². The van der Waals surface area contributed by atoms with Crippen LogP contribution in [0.5, 0.6) is 0 Å². The number of nitrogens with one attached hydrogen (secondary N) is 1. The molecule has 1 fully saturated rings. The Morgan fingerprint density at radius 1 is 1.00 bits per heavy atom. The quantitative estimate of drug-likeness (QED) is 0.779. The lowest BCUT2D eigenvalue weighted by atomic mass is 10.3. The molecule has 1 N–H and O–H groups in total. The second kappa shape index (κ2) is 8.20. The third kappa shape index (κ3) is 4.44. The Labute approximate surface area is 162 Å². The number of benzene rings is 2. The minimum absolute atomic E-state index is 0.0401. The van der Waals surface area contributed by atoms with E-state index in [2.05, 4.69) is 21.2 Å². The molecule has 6 nitrogen and oxygen atoms in total. The van der Waals surface area contributed by atoms with E-state index in [4.69, 9.17) is 0 Å². The summed E-state index contributed by atoms with van der Waals surface area (Å²) in [4.78, 5) is 14.4. The largest absolute Gasteiger partial charge is 0.376 e. The van der Waals surface area contributed by atoms with Crippen molar-refractivity contribution < 1.29 is 13.2 Å². The third-order valence-electron chi connectivity index (χ3n) is 4.24. The smallest absolute Gasteiger partial charge is 0.243 e. The molecule has 0 atom stereocenters. The van der Waals surface area contributed by atoms with Crippen LogP contribution in [0.2, 0.25) is 0 Å². The number of carbonyl (C=O) groups is 1. The first-order chi connectivity index (χ1) is 12.5. The summed E-state index contributed by atoms with van der Waals surface area (Å²) in [7, 11) is -3.50. The topological polar surface area (TPSA) is 69.7 Å². The summed E-state index contributed by atoms with van der Waals surface area (Å²) in [5, 5.41) is 3.10. The molecular formula is C18H20BrN3O3S. The first-order valence-corrected chi connectivity index (χ1v) is 10.5. The summed E-state index contributed by atoms with van der Waals surface area (Å²) in [5.74, 6) is -0.0401. The number of anilines is 1. The average molecular weight is 438 g/mol. The second-order valence-electron chi connectivity index (χ2n) is 5.96. The molecule has 1 amide bonds. The molecule has 0 aliphatic carbocycles. The third-order valence-corrected chi connectivity index (χ3v) is 6.65. The molecule has 0 bridgehead atoms. The molecule has 2 aromatic carbocycles. The van der Waals surface area contributed by atoms with Crippen molar-refractivity contribution in [1.29, 1.82) is 0 Å². The van der Waals surface area contributed by atoms with Gasteiger partial charge in [-0.15, -0.1) is 0 Å². The Bertz CT molecular complexity index is 866. The number of rotatable bonds is 5. The van der Waals surface area contributed by atoms with Gasteiger partial charge in [-0.3, -0.25) is 4.79 Å². The zero-order valence-corrected chi connectivity index (χ0v) is 16.5. The number of carbonyl (C=O) groups excluding carboxylic acids is 1. The fraction of sp³-hybridized carbons (Fsp3) is 0.278. The van der Waals surface area contributed by atoms with Crippen LogP contribution in [-0.2, 0) is 14.8 Å². The van der Waals surface area contributed by atoms with Crippen LogP contribution in [0.15, 0.2) is 64.0 Å². The minimum atomic E-state index is -3.50. The zero-order valence-electron chi connectivity index (χ0n) is 14.1. The van der Waals surface area contributed by atoms with Gasteiger partial charge in [0.1, 0.15) is 0 Å². The van der Waals surface area contributed by atoms with Crippen LogP contribution in [0, 0.1) is 0 Å². The van der Waals surface area contributed by atoms with Gasteiger partial charge >= 0.3 is 0 Å². The molecule has 2 aromatic rings. The normalized spacial score (nSPS) is 15.7.